The van der Waals surface area contributed by atoms with Crippen LogP contribution in [0, 0.1) is 6.92 Å². The third-order valence-corrected chi connectivity index (χ3v) is 1.73. The quantitative estimate of drug-likeness (QED) is 0.236. The van der Waals surface area contributed by atoms with Gasteiger partial charge in [0, 0.05) is 20.4 Å². The van der Waals surface area contributed by atoms with Crippen molar-refractivity contribution < 1.29 is 20.4 Å². The molecule has 0 unspecified atom stereocenters. The summed E-state index contributed by atoms with van der Waals surface area (Å²) in [5, 5.41) is 0. The van der Waals surface area contributed by atoms with Crippen molar-refractivity contribution in [2.45, 2.75) is 6.92 Å². The second kappa shape index (κ2) is 22.7. The minimum absolute atomic E-state index is 0. The van der Waals surface area contributed by atoms with Crippen LogP contribution in [-0.4, -0.2) is 12.3 Å². The molecule has 0 nitrogen and oxygen atoms in total. The van der Waals surface area contributed by atoms with E-state index in [4.69, 9.17) is 0 Å². The Hall–Kier alpha value is 0.572. The van der Waals surface area contributed by atoms with E-state index >= 15 is 0 Å². The van der Waals surface area contributed by atoms with Gasteiger partial charge in [-0.25, -0.2) is 0 Å². The summed E-state index contributed by atoms with van der Waals surface area (Å²) < 4.78 is 0. The molecule has 0 aromatic carbocycles. The van der Waals surface area contributed by atoms with Crippen molar-refractivity contribution in [1.29, 1.82) is 0 Å². The molecular weight excluding hydrogens is 233 g/mol. The van der Waals surface area contributed by atoms with E-state index in [0.717, 1.165) is 20.9 Å². The van der Waals surface area contributed by atoms with Crippen molar-refractivity contribution in [3.05, 3.63) is 32.2 Å². The van der Waals surface area contributed by atoms with Crippen LogP contribution in [0.5, 0.6) is 0 Å². The molecule has 0 heterocycles. The maximum atomic E-state index is 3.61. The standard InChI is InChI=1S/C6H11P.C2H5.Pd/c1-3-5-7-6-4-2;1-2;/h3-4,7H,1-2,5-6H2;1H2,2H3;/q;-1;. The molecule has 0 amide bonds. The summed E-state index contributed by atoms with van der Waals surface area (Å²) in [6.07, 6.45) is 6.18. The van der Waals surface area contributed by atoms with Crippen LogP contribution in [0.25, 0.3) is 0 Å². The maximum absolute atomic E-state index is 3.61. The minimum atomic E-state index is 0. The summed E-state index contributed by atoms with van der Waals surface area (Å²) in [7, 11) is 0.996. The van der Waals surface area contributed by atoms with Gasteiger partial charge in [0.1, 0.15) is 0 Å². The molecule has 0 fully saturated rings. The monoisotopic (exact) mass is 249 g/mol. The molecule has 2 heteroatoms. The fourth-order valence-electron chi connectivity index (χ4n) is 0.287. The van der Waals surface area contributed by atoms with Crippen molar-refractivity contribution in [3.63, 3.8) is 0 Å². The topological polar surface area (TPSA) is 0 Å². The summed E-state index contributed by atoms with van der Waals surface area (Å²) in [5.74, 6) is 0. The number of hydrogen-bond acceptors (Lipinski definition) is 0. The minimum Gasteiger partial charge on any atom is -0.346 e. The van der Waals surface area contributed by atoms with Gasteiger partial charge in [0.05, 0.1) is 0 Å². The third-order valence-electron chi connectivity index (χ3n) is 0.577. The first kappa shape index (κ1) is 16.9. The van der Waals surface area contributed by atoms with Crippen LogP contribution in [0.1, 0.15) is 6.92 Å². The first-order valence-corrected chi connectivity index (χ1v) is 4.46. The largest absolute Gasteiger partial charge is 0.346 e. The van der Waals surface area contributed by atoms with Gasteiger partial charge in [0.2, 0.25) is 0 Å². The molecule has 0 bridgehead atoms. The summed E-state index contributed by atoms with van der Waals surface area (Å²) in [4.78, 5) is 0. The van der Waals surface area contributed by atoms with E-state index in [1.165, 1.54) is 0 Å². The third kappa shape index (κ3) is 23.5. The van der Waals surface area contributed by atoms with Gasteiger partial charge in [-0.1, -0.05) is 12.2 Å². The molecule has 0 aliphatic rings. The summed E-state index contributed by atoms with van der Waals surface area (Å²) in [5.41, 5.74) is 0. The summed E-state index contributed by atoms with van der Waals surface area (Å²) in [6.45, 7) is 12.2. The average Bonchev–Trinajstić information content (AvgIpc) is 1.94. The second-order valence-corrected chi connectivity index (χ2v) is 2.55. The van der Waals surface area contributed by atoms with Crippen LogP contribution in [0.2, 0.25) is 0 Å². The molecule has 0 rings (SSSR count). The molecule has 64 valence electrons. The molecule has 0 spiro atoms. The van der Waals surface area contributed by atoms with Gasteiger partial charge in [0.15, 0.2) is 0 Å². The smallest absolute Gasteiger partial charge is 0 e. The van der Waals surface area contributed by atoms with Crippen LogP contribution in [0.15, 0.2) is 25.3 Å². The molecule has 10 heavy (non-hydrogen) atoms. The molecule has 0 radical (unpaired) electrons. The van der Waals surface area contributed by atoms with Crippen LogP contribution < -0.4 is 0 Å². The normalized spacial score (nSPS) is 6.20. The van der Waals surface area contributed by atoms with E-state index in [2.05, 4.69) is 20.1 Å². The van der Waals surface area contributed by atoms with Crippen molar-refractivity contribution >= 4 is 8.58 Å². The molecule has 0 saturated heterocycles. The molecule has 0 saturated carbocycles. The van der Waals surface area contributed by atoms with Gasteiger partial charge in [-0.15, -0.1) is 21.7 Å². The zero-order valence-electron chi connectivity index (χ0n) is 6.51. The van der Waals surface area contributed by atoms with E-state index in [1.54, 1.807) is 6.92 Å². The van der Waals surface area contributed by atoms with Gasteiger partial charge in [-0.05, 0) is 12.3 Å². The molecule has 0 aliphatic heterocycles. The van der Waals surface area contributed by atoms with E-state index < -0.39 is 0 Å². The molecule has 0 aliphatic carbocycles. The van der Waals surface area contributed by atoms with Gasteiger partial charge in [-0.2, -0.15) is 6.92 Å². The molecule has 0 atom stereocenters. The van der Waals surface area contributed by atoms with Gasteiger partial charge >= 0.3 is 0 Å². The Morgan fingerprint density at radius 2 is 1.50 bits per heavy atom. The molecule has 0 aromatic rings. The number of hydrogen-bond donors (Lipinski definition) is 0. The zero-order chi connectivity index (χ0) is 7.54. The molecule has 0 aromatic heterocycles. The first-order valence-electron chi connectivity index (χ1n) is 3.05. The SMILES string of the molecule is C=CCPCC=C.[CH2-]C.[Pd]. The predicted octanol–water partition coefficient (Wildman–Crippen LogP) is 2.87. The van der Waals surface area contributed by atoms with Crippen molar-refractivity contribution in [2.75, 3.05) is 12.3 Å². The first-order chi connectivity index (χ1) is 4.41. The molecule has 0 N–H and O–H groups in total. The van der Waals surface area contributed by atoms with E-state index in [-0.39, 0.29) is 20.4 Å². The second-order valence-electron chi connectivity index (χ2n) is 1.24. The van der Waals surface area contributed by atoms with Crippen molar-refractivity contribution in [1.82, 2.24) is 0 Å². The van der Waals surface area contributed by atoms with Crippen LogP contribution in [-0.2, 0) is 20.4 Å². The molecular formula is C8H16PPd-. The van der Waals surface area contributed by atoms with Crippen LogP contribution in [0.3, 0.4) is 0 Å². The Morgan fingerprint density at radius 3 is 1.70 bits per heavy atom. The van der Waals surface area contributed by atoms with Gasteiger partial charge in [0.25, 0.3) is 0 Å². The average molecular weight is 250 g/mol. The van der Waals surface area contributed by atoms with Gasteiger partial charge in [-0.3, -0.25) is 0 Å². The Bertz CT molecular complexity index is 54.3. The van der Waals surface area contributed by atoms with Crippen LogP contribution in [0.4, 0.5) is 0 Å². The Morgan fingerprint density at radius 1 is 1.20 bits per heavy atom. The van der Waals surface area contributed by atoms with Crippen molar-refractivity contribution in [2.24, 2.45) is 0 Å². The fraction of sp³-hybridized carbons (Fsp3) is 0.375. The van der Waals surface area contributed by atoms with E-state index in [9.17, 15) is 0 Å². The Balaban J connectivity index is -0.000000149. The Labute approximate surface area is 80.6 Å². The van der Waals surface area contributed by atoms with E-state index in [1.807, 2.05) is 12.2 Å². The Kier molecular flexibility index (Phi) is 38.3. The van der Waals surface area contributed by atoms with Crippen molar-refractivity contribution in [3.8, 4) is 0 Å². The summed E-state index contributed by atoms with van der Waals surface area (Å²) >= 11 is 0. The van der Waals surface area contributed by atoms with Gasteiger partial charge < -0.3 is 6.92 Å². The predicted molar refractivity (Wildman–Crippen MR) is 49.5 cm³/mol. The number of rotatable bonds is 4. The zero-order valence-corrected chi connectivity index (χ0v) is 9.06. The maximum Gasteiger partial charge on any atom is 0 e. The number of allylic oxidation sites excluding steroid dienone is 2. The van der Waals surface area contributed by atoms with Crippen LogP contribution >= 0.6 is 8.58 Å². The fourth-order valence-corrected chi connectivity index (χ4v) is 0.862. The van der Waals surface area contributed by atoms with E-state index in [0.29, 0.717) is 0 Å². The summed E-state index contributed by atoms with van der Waals surface area (Å²) in [6, 6.07) is 0.